The molecule has 5 nitrogen and oxygen atoms in total. The predicted molar refractivity (Wildman–Crippen MR) is 112 cm³/mol. The van der Waals surface area contributed by atoms with Crippen molar-refractivity contribution in [1.82, 2.24) is 10.2 Å². The van der Waals surface area contributed by atoms with E-state index < -0.39 is 10.0 Å². The van der Waals surface area contributed by atoms with Gasteiger partial charge in [0.1, 0.15) is 5.75 Å². The number of fused-ring (bicyclic) bond motifs is 1. The third kappa shape index (κ3) is 5.67. The summed E-state index contributed by atoms with van der Waals surface area (Å²) in [5, 5.41) is 2.71. The number of methoxy groups -OCH3 is 1. The first-order valence-electron chi connectivity index (χ1n) is 9.76. The molecule has 0 saturated carbocycles. The molecule has 1 aromatic carbocycles. The summed E-state index contributed by atoms with van der Waals surface area (Å²) >= 11 is 18.3. The van der Waals surface area contributed by atoms with Crippen LogP contribution in [0.3, 0.4) is 0 Å². The van der Waals surface area contributed by atoms with Gasteiger partial charge in [0.15, 0.2) is 6.23 Å². The molecule has 0 unspecified atom stereocenters. The molecule has 8 heteroatoms. The van der Waals surface area contributed by atoms with Gasteiger partial charge in [-0.05, 0) is 69.0 Å². The van der Waals surface area contributed by atoms with E-state index in [0.29, 0.717) is 29.9 Å². The van der Waals surface area contributed by atoms with Gasteiger partial charge in [0.2, 0.25) is 3.79 Å². The summed E-state index contributed by atoms with van der Waals surface area (Å²) < 4.78 is 9.30. The minimum Gasteiger partial charge on any atom is -0.497 e. The van der Waals surface area contributed by atoms with Crippen LogP contribution in [-0.4, -0.2) is 53.7 Å². The molecule has 0 aromatic heterocycles. The van der Waals surface area contributed by atoms with Crippen molar-refractivity contribution in [3.63, 3.8) is 0 Å². The topological polar surface area (TPSA) is 50.8 Å². The molecule has 3 atom stereocenters. The normalized spacial score (nSPS) is 24.3. The SMILES string of the molecule is COc1ccc(C(=O)N[C@H](OC[C@H]2CCCN3CCCC[C@@H]23)C(Cl)(Cl)Cl)cc1. The van der Waals surface area contributed by atoms with Gasteiger partial charge < -0.3 is 19.7 Å². The van der Waals surface area contributed by atoms with Gasteiger partial charge in [-0.15, -0.1) is 0 Å². The zero-order valence-corrected chi connectivity index (χ0v) is 18.3. The number of piperidine rings is 2. The molecule has 1 amide bonds. The number of carbonyl (C=O) groups is 1. The number of nitrogens with zero attached hydrogens (tertiary/aromatic N) is 1. The molecule has 28 heavy (non-hydrogen) atoms. The zero-order chi connectivity index (χ0) is 20.1. The van der Waals surface area contributed by atoms with E-state index in [1.165, 1.54) is 19.3 Å². The van der Waals surface area contributed by atoms with Crippen LogP contribution >= 0.6 is 34.8 Å². The highest BCUT2D eigenvalue weighted by Crippen LogP contribution is 2.34. The van der Waals surface area contributed by atoms with Crippen molar-refractivity contribution in [3.05, 3.63) is 29.8 Å². The standard InChI is InChI=1S/C20H27Cl3N2O3/c1-27-16-9-7-14(8-10-16)18(26)24-19(20(21,22)23)28-13-15-5-4-12-25-11-3-2-6-17(15)25/h7-10,15,17,19H,2-6,11-13H2,1H3,(H,24,26)/t15-,17+,19-/m1/s1. The molecule has 0 bridgehead atoms. The van der Waals surface area contributed by atoms with E-state index in [2.05, 4.69) is 10.2 Å². The summed E-state index contributed by atoms with van der Waals surface area (Å²) in [6.45, 7) is 2.77. The number of hydrogen-bond donors (Lipinski definition) is 1. The Morgan fingerprint density at radius 3 is 2.57 bits per heavy atom. The Morgan fingerprint density at radius 2 is 1.89 bits per heavy atom. The lowest BCUT2D eigenvalue weighted by atomic mass is 9.84. The molecule has 2 heterocycles. The van der Waals surface area contributed by atoms with Gasteiger partial charge in [0.05, 0.1) is 13.7 Å². The maximum absolute atomic E-state index is 12.6. The molecule has 2 saturated heterocycles. The molecule has 156 valence electrons. The van der Waals surface area contributed by atoms with Gasteiger partial charge in [-0.3, -0.25) is 4.79 Å². The number of alkyl halides is 3. The smallest absolute Gasteiger partial charge is 0.253 e. The van der Waals surface area contributed by atoms with Crippen LogP contribution in [0, 0.1) is 5.92 Å². The van der Waals surface area contributed by atoms with Crippen LogP contribution in [0.15, 0.2) is 24.3 Å². The number of benzene rings is 1. The van der Waals surface area contributed by atoms with Crippen molar-refractivity contribution >= 4 is 40.7 Å². The van der Waals surface area contributed by atoms with Crippen molar-refractivity contribution < 1.29 is 14.3 Å². The second-order valence-corrected chi connectivity index (χ2v) is 9.83. The van der Waals surface area contributed by atoms with Crippen LogP contribution in [0.4, 0.5) is 0 Å². The van der Waals surface area contributed by atoms with E-state index >= 15 is 0 Å². The minimum absolute atomic E-state index is 0.359. The first kappa shape index (κ1) is 22.0. The quantitative estimate of drug-likeness (QED) is 0.516. The Labute approximate surface area is 181 Å². The number of nitrogens with one attached hydrogen (secondary N) is 1. The lowest BCUT2D eigenvalue weighted by Crippen LogP contribution is -2.51. The number of rotatable bonds is 6. The Hall–Kier alpha value is -0.720. The maximum Gasteiger partial charge on any atom is 0.253 e. The lowest BCUT2D eigenvalue weighted by molar-refractivity contribution is -0.0325. The Kier molecular flexibility index (Phi) is 7.74. The Morgan fingerprint density at radius 1 is 1.18 bits per heavy atom. The van der Waals surface area contributed by atoms with E-state index in [1.807, 2.05) is 0 Å². The molecule has 2 aliphatic heterocycles. The fraction of sp³-hybridized carbons (Fsp3) is 0.650. The summed E-state index contributed by atoms with van der Waals surface area (Å²) in [5.74, 6) is 0.698. The van der Waals surface area contributed by atoms with E-state index in [-0.39, 0.29) is 5.91 Å². The average Bonchev–Trinajstić information content (AvgIpc) is 2.70. The monoisotopic (exact) mass is 448 g/mol. The fourth-order valence-corrected chi connectivity index (χ4v) is 4.51. The van der Waals surface area contributed by atoms with Gasteiger partial charge in [-0.1, -0.05) is 41.2 Å². The molecule has 2 fully saturated rings. The van der Waals surface area contributed by atoms with Crippen LogP contribution in [0.1, 0.15) is 42.5 Å². The van der Waals surface area contributed by atoms with Crippen molar-refractivity contribution in [2.45, 2.75) is 48.2 Å². The van der Waals surface area contributed by atoms with Crippen LogP contribution in [0.25, 0.3) is 0 Å². The molecular weight excluding hydrogens is 423 g/mol. The third-order valence-corrected chi connectivity index (χ3v) is 6.21. The highest BCUT2D eigenvalue weighted by Gasteiger charge is 2.38. The van der Waals surface area contributed by atoms with Crippen molar-refractivity contribution in [2.75, 3.05) is 26.8 Å². The summed E-state index contributed by atoms with van der Waals surface area (Å²) in [5.41, 5.74) is 0.444. The predicted octanol–water partition coefficient (Wildman–Crippen LogP) is 4.40. The Bertz CT molecular complexity index is 649. The molecule has 0 spiro atoms. The second-order valence-electron chi connectivity index (χ2n) is 7.46. The highest BCUT2D eigenvalue weighted by atomic mass is 35.6. The van der Waals surface area contributed by atoms with E-state index in [9.17, 15) is 4.79 Å². The van der Waals surface area contributed by atoms with Crippen LogP contribution in [0.5, 0.6) is 5.75 Å². The second kappa shape index (κ2) is 9.86. The average molecular weight is 450 g/mol. The summed E-state index contributed by atoms with van der Waals surface area (Å²) in [6.07, 6.45) is 4.93. The van der Waals surface area contributed by atoms with E-state index in [4.69, 9.17) is 44.3 Å². The van der Waals surface area contributed by atoms with Crippen LogP contribution in [-0.2, 0) is 4.74 Å². The summed E-state index contributed by atoms with van der Waals surface area (Å²) in [6, 6.07) is 7.25. The first-order valence-corrected chi connectivity index (χ1v) is 10.9. The molecule has 0 radical (unpaired) electrons. The fourth-order valence-electron chi connectivity index (χ4n) is 4.15. The van der Waals surface area contributed by atoms with Gasteiger partial charge >= 0.3 is 0 Å². The Balaban J connectivity index is 1.61. The van der Waals surface area contributed by atoms with E-state index in [1.54, 1.807) is 31.4 Å². The number of hydrogen-bond acceptors (Lipinski definition) is 4. The molecule has 1 aromatic rings. The maximum atomic E-state index is 12.6. The number of carbonyl (C=O) groups excluding carboxylic acids is 1. The molecular formula is C20H27Cl3N2O3. The van der Waals surface area contributed by atoms with Gasteiger partial charge in [0.25, 0.3) is 5.91 Å². The lowest BCUT2D eigenvalue weighted by Gasteiger charge is -2.44. The van der Waals surface area contributed by atoms with Gasteiger partial charge in [-0.2, -0.15) is 0 Å². The van der Waals surface area contributed by atoms with Crippen molar-refractivity contribution in [1.29, 1.82) is 0 Å². The first-order chi connectivity index (χ1) is 13.4. The third-order valence-electron chi connectivity index (χ3n) is 5.62. The largest absolute Gasteiger partial charge is 0.497 e. The molecule has 2 aliphatic rings. The number of amides is 1. The molecule has 0 aliphatic carbocycles. The minimum atomic E-state index is -1.76. The zero-order valence-electron chi connectivity index (χ0n) is 16.0. The van der Waals surface area contributed by atoms with Gasteiger partial charge in [-0.25, -0.2) is 0 Å². The van der Waals surface area contributed by atoms with Gasteiger partial charge in [0, 0.05) is 11.6 Å². The number of ether oxygens (including phenoxy) is 2. The number of halogens is 3. The van der Waals surface area contributed by atoms with Crippen molar-refractivity contribution in [3.8, 4) is 5.75 Å². The van der Waals surface area contributed by atoms with Crippen LogP contribution in [0.2, 0.25) is 0 Å². The summed E-state index contributed by atoms with van der Waals surface area (Å²) in [7, 11) is 1.57. The van der Waals surface area contributed by atoms with Crippen LogP contribution < -0.4 is 10.1 Å². The summed E-state index contributed by atoms with van der Waals surface area (Å²) in [4.78, 5) is 15.1. The molecule has 1 N–H and O–H groups in total. The van der Waals surface area contributed by atoms with Crippen molar-refractivity contribution in [2.24, 2.45) is 5.92 Å². The molecule has 3 rings (SSSR count). The van der Waals surface area contributed by atoms with E-state index in [0.717, 1.165) is 25.9 Å². The highest BCUT2D eigenvalue weighted by molar-refractivity contribution is 6.68.